The highest BCUT2D eigenvalue weighted by Crippen LogP contribution is 2.66. The number of aryl methyl sites for hydroxylation is 1. The molecule has 6 rings (SSSR count). The average Bonchev–Trinajstić information content (AvgIpc) is 2.99. The molecule has 2 heterocycles. The molecule has 172 valence electrons. The van der Waals surface area contributed by atoms with Crippen LogP contribution in [-0.2, 0) is 16.6 Å². The van der Waals surface area contributed by atoms with Gasteiger partial charge in [0.05, 0.1) is 12.5 Å². The van der Waals surface area contributed by atoms with Crippen LogP contribution in [0.4, 0.5) is 18.9 Å². The molecule has 0 fully saturated rings. The van der Waals surface area contributed by atoms with Gasteiger partial charge in [-0.05, 0) is 65.1 Å². The van der Waals surface area contributed by atoms with Gasteiger partial charge in [-0.25, -0.2) is 0 Å². The van der Waals surface area contributed by atoms with E-state index in [1.54, 1.807) is 7.11 Å². The minimum absolute atomic E-state index is 0.139. The van der Waals surface area contributed by atoms with Crippen LogP contribution in [0.1, 0.15) is 54.4 Å². The zero-order valence-electron chi connectivity index (χ0n) is 18.6. The maximum Gasteiger partial charge on any atom is 0.471 e. The van der Waals surface area contributed by atoms with Gasteiger partial charge in [0, 0.05) is 30.4 Å². The Kier molecular flexibility index (Phi) is 4.24. The number of benzene rings is 2. The van der Waals surface area contributed by atoms with E-state index in [0.29, 0.717) is 18.0 Å². The van der Waals surface area contributed by atoms with Crippen molar-refractivity contribution in [2.24, 2.45) is 0 Å². The second kappa shape index (κ2) is 6.78. The lowest BCUT2D eigenvalue weighted by molar-refractivity contribution is -0.172. The number of fused-ring (bicyclic) bond motifs is 3. The van der Waals surface area contributed by atoms with Gasteiger partial charge in [0.15, 0.2) is 0 Å². The van der Waals surface area contributed by atoms with Crippen LogP contribution in [0.5, 0.6) is 5.75 Å². The van der Waals surface area contributed by atoms with Gasteiger partial charge in [0.25, 0.3) is 0 Å². The fourth-order valence-corrected chi connectivity index (χ4v) is 6.67. The van der Waals surface area contributed by atoms with Crippen LogP contribution in [0.25, 0.3) is 5.57 Å². The minimum Gasteiger partial charge on any atom is -0.497 e. The third-order valence-electron chi connectivity index (χ3n) is 8.09. The number of rotatable bonds is 2. The van der Waals surface area contributed by atoms with Crippen LogP contribution in [0.2, 0.25) is 0 Å². The first kappa shape index (κ1) is 20.6. The molecule has 1 amide bonds. The number of alkyl halides is 3. The van der Waals surface area contributed by atoms with Crippen LogP contribution < -0.4 is 15.0 Å². The lowest BCUT2D eigenvalue weighted by atomic mass is 9.58. The Hall–Kier alpha value is -2.96. The van der Waals surface area contributed by atoms with E-state index in [9.17, 15) is 18.0 Å². The van der Waals surface area contributed by atoms with E-state index < -0.39 is 17.5 Å². The fraction of sp³-hybridized carbons (Fsp3) is 0.423. The summed E-state index contributed by atoms with van der Waals surface area (Å²) < 4.78 is 45.1. The van der Waals surface area contributed by atoms with Crippen molar-refractivity contribution in [1.82, 2.24) is 5.32 Å². The summed E-state index contributed by atoms with van der Waals surface area (Å²) in [5, 5.41) is 2.23. The summed E-state index contributed by atoms with van der Waals surface area (Å²) in [6, 6.07) is 12.2. The number of carbonyl (C=O) groups is 1. The molecular weight excluding hydrogens is 429 g/mol. The fourth-order valence-electron chi connectivity index (χ4n) is 6.67. The van der Waals surface area contributed by atoms with Gasteiger partial charge in [-0.3, -0.25) is 4.79 Å². The Morgan fingerprint density at radius 3 is 2.76 bits per heavy atom. The molecule has 2 aromatic carbocycles. The van der Waals surface area contributed by atoms with Gasteiger partial charge in [0.1, 0.15) is 5.75 Å². The number of amides is 1. The van der Waals surface area contributed by atoms with Crippen LogP contribution in [0, 0.1) is 0 Å². The van der Waals surface area contributed by atoms with Crippen LogP contribution in [-0.4, -0.2) is 31.8 Å². The summed E-state index contributed by atoms with van der Waals surface area (Å²) in [4.78, 5) is 14.4. The number of nitrogens with zero attached hydrogens (tertiary/aromatic N) is 1. The van der Waals surface area contributed by atoms with E-state index in [-0.39, 0.29) is 6.04 Å². The molecule has 0 radical (unpaired) electrons. The molecule has 1 spiro atoms. The Bertz CT molecular complexity index is 1220. The van der Waals surface area contributed by atoms with Gasteiger partial charge in [-0.2, -0.15) is 13.2 Å². The number of nitrogens with one attached hydrogen (secondary N) is 1. The summed E-state index contributed by atoms with van der Waals surface area (Å²) in [5.41, 5.74) is 6.45. The number of anilines is 1. The van der Waals surface area contributed by atoms with Gasteiger partial charge in [0.2, 0.25) is 0 Å². The van der Waals surface area contributed by atoms with Gasteiger partial charge < -0.3 is 15.0 Å². The van der Waals surface area contributed by atoms with Crippen molar-refractivity contribution in [2.45, 2.75) is 56.2 Å². The average molecular weight is 454 g/mol. The van der Waals surface area contributed by atoms with E-state index >= 15 is 0 Å². The van der Waals surface area contributed by atoms with E-state index in [4.69, 9.17) is 4.74 Å². The smallest absolute Gasteiger partial charge is 0.471 e. The normalized spacial score (nSPS) is 27.0. The number of hydrogen-bond donors (Lipinski definition) is 1. The highest BCUT2D eigenvalue weighted by molar-refractivity contribution is 5.96. The standard InChI is InChI=1S/C26H25F3N2O2/c1-14-9-10-31-21-8-7-15-5-3-4-6-17(15)22-20(30-24(32)26(27,28)29)13-25(21,22)19-12-16(33-2)11-18(14)23(19)31/h3-6,11-12,14,21H,7-10,13H2,1-2H3,(H,30,32)/t14?,21?,25-/m0/s1. The van der Waals surface area contributed by atoms with E-state index in [2.05, 4.69) is 35.3 Å². The van der Waals surface area contributed by atoms with Gasteiger partial charge >= 0.3 is 12.1 Å². The van der Waals surface area contributed by atoms with E-state index in [0.717, 1.165) is 53.8 Å². The third kappa shape index (κ3) is 2.68. The number of carbonyl (C=O) groups excluding carboxylic acids is 1. The van der Waals surface area contributed by atoms with Crippen molar-refractivity contribution in [2.75, 3.05) is 18.6 Å². The molecule has 3 atom stereocenters. The first-order chi connectivity index (χ1) is 15.8. The van der Waals surface area contributed by atoms with Crippen LogP contribution in [0.15, 0.2) is 42.1 Å². The third-order valence-corrected chi connectivity index (χ3v) is 8.09. The molecule has 0 aromatic heterocycles. The zero-order chi connectivity index (χ0) is 23.1. The maximum atomic E-state index is 13.1. The molecule has 7 heteroatoms. The molecule has 4 nitrogen and oxygen atoms in total. The first-order valence-corrected chi connectivity index (χ1v) is 11.4. The molecule has 0 bridgehead atoms. The highest BCUT2D eigenvalue weighted by atomic mass is 19.4. The summed E-state index contributed by atoms with van der Waals surface area (Å²) in [5.74, 6) is -0.748. The lowest BCUT2D eigenvalue weighted by Crippen LogP contribution is -2.53. The monoisotopic (exact) mass is 454 g/mol. The second-order valence-corrected chi connectivity index (χ2v) is 9.66. The Morgan fingerprint density at radius 2 is 2.00 bits per heavy atom. The van der Waals surface area contributed by atoms with E-state index in [1.807, 2.05) is 18.2 Å². The molecule has 2 aliphatic carbocycles. The number of ether oxygens (including phenoxy) is 1. The minimum atomic E-state index is -4.92. The summed E-state index contributed by atoms with van der Waals surface area (Å²) >= 11 is 0. The first-order valence-electron chi connectivity index (χ1n) is 11.4. The number of halogens is 3. The van der Waals surface area contributed by atoms with Crippen molar-refractivity contribution in [1.29, 1.82) is 0 Å². The number of allylic oxidation sites excluding steroid dienone is 1. The second-order valence-electron chi connectivity index (χ2n) is 9.66. The predicted octanol–water partition coefficient (Wildman–Crippen LogP) is 5.07. The lowest BCUT2D eigenvalue weighted by Gasteiger charge is -2.48. The zero-order valence-corrected chi connectivity index (χ0v) is 18.6. The SMILES string of the molecule is COc1cc2c3c(c1)[C@]14CC(NC(=O)C(F)(F)F)=C1c1ccccc1CCC4N3CCC2C. The summed E-state index contributed by atoms with van der Waals surface area (Å²) in [6.07, 6.45) is -1.76. The molecule has 2 aliphatic heterocycles. The molecule has 0 saturated carbocycles. The van der Waals surface area contributed by atoms with Crippen molar-refractivity contribution in [3.63, 3.8) is 0 Å². The van der Waals surface area contributed by atoms with E-state index in [1.165, 1.54) is 11.3 Å². The summed E-state index contributed by atoms with van der Waals surface area (Å²) in [7, 11) is 1.65. The Balaban J connectivity index is 1.61. The van der Waals surface area contributed by atoms with Crippen molar-refractivity contribution >= 4 is 17.2 Å². The topological polar surface area (TPSA) is 41.6 Å². The predicted molar refractivity (Wildman–Crippen MR) is 119 cm³/mol. The summed E-state index contributed by atoms with van der Waals surface area (Å²) in [6.45, 7) is 3.15. The molecule has 4 aliphatic rings. The maximum absolute atomic E-state index is 13.1. The molecule has 33 heavy (non-hydrogen) atoms. The molecule has 2 aromatic rings. The van der Waals surface area contributed by atoms with Crippen LogP contribution in [0.3, 0.4) is 0 Å². The largest absolute Gasteiger partial charge is 0.497 e. The Labute approximate surface area is 190 Å². The quantitative estimate of drug-likeness (QED) is 0.689. The number of hydrogen-bond acceptors (Lipinski definition) is 3. The van der Waals surface area contributed by atoms with Crippen molar-refractivity contribution in [3.8, 4) is 5.75 Å². The van der Waals surface area contributed by atoms with Crippen LogP contribution >= 0.6 is 0 Å². The van der Waals surface area contributed by atoms with Crippen molar-refractivity contribution in [3.05, 3.63) is 64.3 Å². The molecule has 1 N–H and O–H groups in total. The molecule has 2 unspecified atom stereocenters. The Morgan fingerprint density at radius 1 is 1.21 bits per heavy atom. The van der Waals surface area contributed by atoms with Crippen molar-refractivity contribution < 1.29 is 22.7 Å². The number of methoxy groups -OCH3 is 1. The highest BCUT2D eigenvalue weighted by Gasteiger charge is 2.62. The van der Waals surface area contributed by atoms with Gasteiger partial charge in [-0.15, -0.1) is 0 Å². The molecule has 0 saturated heterocycles. The van der Waals surface area contributed by atoms with Gasteiger partial charge in [-0.1, -0.05) is 31.2 Å². The molecular formula is C26H25F3N2O2.